The summed E-state index contributed by atoms with van der Waals surface area (Å²) >= 11 is 0.646. The zero-order valence-corrected chi connectivity index (χ0v) is 11.4. The fourth-order valence-corrected chi connectivity index (χ4v) is 2.79. The molecule has 1 atom stereocenters. The normalized spacial score (nSPS) is 13.8. The van der Waals surface area contributed by atoms with E-state index in [0.29, 0.717) is 16.2 Å². The molecule has 0 bridgehead atoms. The van der Waals surface area contributed by atoms with Crippen molar-refractivity contribution < 1.29 is 13.2 Å². The lowest BCUT2D eigenvalue weighted by Gasteiger charge is -2.14. The van der Waals surface area contributed by atoms with Crippen molar-refractivity contribution in [1.82, 2.24) is 20.1 Å². The Hall–Kier alpha value is -1.41. The highest BCUT2D eigenvalue weighted by Gasteiger charge is 2.35. The van der Waals surface area contributed by atoms with Crippen LogP contribution in [-0.4, -0.2) is 21.8 Å². The predicted octanol–water partition coefficient (Wildman–Crippen LogP) is 2.51. The van der Waals surface area contributed by atoms with Crippen molar-refractivity contribution in [2.24, 2.45) is 7.05 Å². The zero-order valence-electron chi connectivity index (χ0n) is 10.6. The average molecular weight is 290 g/mol. The predicted molar refractivity (Wildman–Crippen MR) is 66.0 cm³/mol. The molecule has 0 spiro atoms. The molecule has 2 aromatic heterocycles. The van der Waals surface area contributed by atoms with E-state index < -0.39 is 11.2 Å². The smallest absolute Gasteiger partial charge is 0.307 e. The first kappa shape index (κ1) is 14.0. The zero-order chi connectivity index (χ0) is 14.2. The number of alkyl halides is 3. The van der Waals surface area contributed by atoms with Gasteiger partial charge >= 0.3 is 6.18 Å². The lowest BCUT2D eigenvalue weighted by Crippen LogP contribution is -2.19. The van der Waals surface area contributed by atoms with Crippen LogP contribution in [0.4, 0.5) is 13.2 Å². The van der Waals surface area contributed by atoms with Gasteiger partial charge in [-0.15, -0.1) is 11.3 Å². The molecule has 0 aliphatic rings. The highest BCUT2D eigenvalue weighted by atomic mass is 32.1. The second-order valence-electron chi connectivity index (χ2n) is 4.12. The number of nitrogens with one attached hydrogen (secondary N) is 1. The Morgan fingerprint density at radius 2 is 2.11 bits per heavy atom. The van der Waals surface area contributed by atoms with Crippen molar-refractivity contribution in [1.29, 1.82) is 0 Å². The summed E-state index contributed by atoms with van der Waals surface area (Å²) in [7, 11) is 3.46. The number of aryl methyl sites for hydroxylation is 2. The summed E-state index contributed by atoms with van der Waals surface area (Å²) in [6.45, 7) is 1.84. The van der Waals surface area contributed by atoms with Crippen LogP contribution in [-0.2, 0) is 13.2 Å². The molecule has 2 aromatic rings. The Kier molecular flexibility index (Phi) is 3.64. The number of rotatable bonds is 3. The number of hydrogen-bond donors (Lipinski definition) is 1. The minimum atomic E-state index is -4.40. The number of aromatic nitrogens is 3. The number of thiazole rings is 1. The largest absolute Gasteiger partial charge is 0.443 e. The molecular formula is C11H13F3N4S. The molecule has 19 heavy (non-hydrogen) atoms. The van der Waals surface area contributed by atoms with Crippen LogP contribution in [0.25, 0.3) is 0 Å². The lowest BCUT2D eigenvalue weighted by atomic mass is 10.2. The van der Waals surface area contributed by atoms with E-state index in [1.165, 1.54) is 6.20 Å². The Balaban J connectivity index is 2.38. The summed E-state index contributed by atoms with van der Waals surface area (Å²) in [5.41, 5.74) is 1.62. The van der Waals surface area contributed by atoms with Gasteiger partial charge in [-0.1, -0.05) is 0 Å². The van der Waals surface area contributed by atoms with E-state index >= 15 is 0 Å². The van der Waals surface area contributed by atoms with Gasteiger partial charge in [-0.2, -0.15) is 18.3 Å². The summed E-state index contributed by atoms with van der Waals surface area (Å²) in [5, 5.41) is 6.36. The second-order valence-corrected chi connectivity index (χ2v) is 5.18. The van der Waals surface area contributed by atoms with Gasteiger partial charge in [0.25, 0.3) is 0 Å². The van der Waals surface area contributed by atoms with Crippen LogP contribution < -0.4 is 5.32 Å². The van der Waals surface area contributed by atoms with Gasteiger partial charge in [0.2, 0.25) is 0 Å². The van der Waals surface area contributed by atoms with E-state index in [2.05, 4.69) is 15.4 Å². The van der Waals surface area contributed by atoms with Crippen molar-refractivity contribution in [3.8, 4) is 0 Å². The van der Waals surface area contributed by atoms with Crippen LogP contribution in [0.15, 0.2) is 12.3 Å². The average Bonchev–Trinajstić information content (AvgIpc) is 2.87. The lowest BCUT2D eigenvalue weighted by molar-refractivity contribution is -0.137. The summed E-state index contributed by atoms with van der Waals surface area (Å²) in [6.07, 6.45) is -3.14. The van der Waals surface area contributed by atoms with Gasteiger partial charge in [0.15, 0.2) is 5.01 Å². The van der Waals surface area contributed by atoms with Gasteiger partial charge in [0.1, 0.15) is 0 Å². The third-order valence-corrected chi connectivity index (χ3v) is 3.78. The first-order valence-electron chi connectivity index (χ1n) is 5.53. The standard InChI is InChI=1S/C11H13F3N4S/c1-6-4-7(18(3)17-6)9(15-2)8-5-16-10(19-8)11(12,13)14/h4-5,9,15H,1-3H3. The van der Waals surface area contributed by atoms with Crippen LogP contribution >= 0.6 is 11.3 Å². The maximum atomic E-state index is 12.6. The van der Waals surface area contributed by atoms with Crippen LogP contribution in [0.3, 0.4) is 0 Å². The van der Waals surface area contributed by atoms with E-state index in [1.807, 2.05) is 13.0 Å². The third-order valence-electron chi connectivity index (χ3n) is 2.67. The van der Waals surface area contributed by atoms with E-state index in [0.717, 1.165) is 11.4 Å². The van der Waals surface area contributed by atoms with E-state index in [4.69, 9.17) is 0 Å². The van der Waals surface area contributed by atoms with Crippen molar-refractivity contribution in [3.63, 3.8) is 0 Å². The van der Waals surface area contributed by atoms with Gasteiger partial charge in [-0.25, -0.2) is 4.98 Å². The Labute approximate surface area is 112 Å². The third kappa shape index (κ3) is 2.79. The Morgan fingerprint density at radius 3 is 2.53 bits per heavy atom. The number of nitrogens with zero attached hydrogens (tertiary/aromatic N) is 3. The summed E-state index contributed by atoms with van der Waals surface area (Å²) in [5.74, 6) is 0. The maximum absolute atomic E-state index is 12.6. The molecule has 104 valence electrons. The van der Waals surface area contributed by atoms with Crippen LogP contribution in [0.5, 0.6) is 0 Å². The molecule has 0 radical (unpaired) electrons. The number of halogens is 3. The van der Waals surface area contributed by atoms with E-state index in [-0.39, 0.29) is 6.04 Å². The molecule has 0 amide bonds. The van der Waals surface area contributed by atoms with Crippen molar-refractivity contribution in [2.45, 2.75) is 19.1 Å². The molecule has 4 nitrogen and oxygen atoms in total. The molecule has 0 aromatic carbocycles. The van der Waals surface area contributed by atoms with Crippen molar-refractivity contribution in [2.75, 3.05) is 7.05 Å². The van der Waals surface area contributed by atoms with Crippen molar-refractivity contribution >= 4 is 11.3 Å². The van der Waals surface area contributed by atoms with Crippen LogP contribution in [0.1, 0.15) is 27.3 Å². The molecule has 0 saturated carbocycles. The molecule has 0 aliphatic heterocycles. The first-order chi connectivity index (χ1) is 8.82. The summed E-state index contributed by atoms with van der Waals surface area (Å²) in [6, 6.07) is 1.49. The molecule has 0 saturated heterocycles. The SMILES string of the molecule is CNC(c1cnc(C(F)(F)F)s1)c1cc(C)nn1C. The highest BCUT2D eigenvalue weighted by molar-refractivity contribution is 7.11. The summed E-state index contributed by atoms with van der Waals surface area (Å²) in [4.78, 5) is 3.95. The van der Waals surface area contributed by atoms with Crippen molar-refractivity contribution in [3.05, 3.63) is 33.5 Å². The molecule has 1 unspecified atom stereocenters. The first-order valence-corrected chi connectivity index (χ1v) is 6.35. The molecular weight excluding hydrogens is 277 g/mol. The monoisotopic (exact) mass is 290 g/mol. The quantitative estimate of drug-likeness (QED) is 0.944. The topological polar surface area (TPSA) is 42.7 Å². The van der Waals surface area contributed by atoms with Crippen LogP contribution in [0, 0.1) is 6.92 Å². The minimum absolute atomic E-state index is 0.347. The molecule has 0 aliphatic carbocycles. The van der Waals surface area contributed by atoms with Gasteiger partial charge in [-0.3, -0.25) is 4.68 Å². The molecule has 2 rings (SSSR count). The van der Waals surface area contributed by atoms with E-state index in [1.54, 1.807) is 18.8 Å². The second kappa shape index (κ2) is 4.93. The Bertz CT molecular complexity index is 573. The fourth-order valence-electron chi connectivity index (χ4n) is 1.89. The highest BCUT2D eigenvalue weighted by Crippen LogP contribution is 2.35. The molecule has 8 heteroatoms. The summed E-state index contributed by atoms with van der Waals surface area (Å²) < 4.78 is 39.3. The van der Waals surface area contributed by atoms with E-state index in [9.17, 15) is 13.2 Å². The van der Waals surface area contributed by atoms with Crippen LogP contribution in [0.2, 0.25) is 0 Å². The maximum Gasteiger partial charge on any atom is 0.443 e. The van der Waals surface area contributed by atoms with Gasteiger partial charge in [0.05, 0.1) is 17.4 Å². The molecule has 2 heterocycles. The van der Waals surface area contributed by atoms with Gasteiger partial charge in [-0.05, 0) is 20.0 Å². The number of hydrogen-bond acceptors (Lipinski definition) is 4. The minimum Gasteiger partial charge on any atom is -0.307 e. The van der Waals surface area contributed by atoms with Gasteiger partial charge < -0.3 is 5.32 Å². The van der Waals surface area contributed by atoms with Gasteiger partial charge in [0, 0.05) is 18.1 Å². The Morgan fingerprint density at radius 1 is 1.42 bits per heavy atom. The molecule has 1 N–H and O–H groups in total. The molecule has 0 fully saturated rings. The fraction of sp³-hybridized carbons (Fsp3) is 0.455.